The van der Waals surface area contributed by atoms with E-state index in [9.17, 15) is 13.2 Å². The van der Waals surface area contributed by atoms with Gasteiger partial charge >= 0.3 is 0 Å². The molecule has 0 unspecified atom stereocenters. The molecule has 2 aromatic carbocycles. The number of hydrogen-bond donors (Lipinski definition) is 1. The number of amides is 1. The fraction of sp³-hybridized carbons (Fsp3) is 0.409. The number of rotatable bonds is 6. The van der Waals surface area contributed by atoms with Crippen LogP contribution < -0.4 is 5.32 Å². The summed E-state index contributed by atoms with van der Waals surface area (Å²) in [4.78, 5) is 12.6. The number of hydrogen-bond acceptors (Lipinski definition) is 3. The van der Waals surface area contributed by atoms with Crippen molar-refractivity contribution in [2.45, 2.75) is 50.5 Å². The fourth-order valence-corrected chi connectivity index (χ4v) is 5.02. The summed E-state index contributed by atoms with van der Waals surface area (Å²) in [6.45, 7) is 4.75. The Morgan fingerprint density at radius 1 is 1.04 bits per heavy atom. The summed E-state index contributed by atoms with van der Waals surface area (Å²) in [5, 5.41) is 3.06. The monoisotopic (exact) mass is 400 g/mol. The van der Waals surface area contributed by atoms with Crippen LogP contribution in [0.15, 0.2) is 53.4 Å². The highest BCUT2D eigenvalue weighted by molar-refractivity contribution is 7.89. The van der Waals surface area contributed by atoms with Crippen molar-refractivity contribution in [1.29, 1.82) is 0 Å². The summed E-state index contributed by atoms with van der Waals surface area (Å²) < 4.78 is 27.3. The average molecular weight is 401 g/mol. The molecule has 0 aromatic heterocycles. The molecule has 1 heterocycles. The van der Waals surface area contributed by atoms with Crippen LogP contribution >= 0.6 is 0 Å². The molecule has 0 atom stereocenters. The van der Waals surface area contributed by atoms with Gasteiger partial charge in [0, 0.05) is 25.6 Å². The molecule has 28 heavy (non-hydrogen) atoms. The maximum absolute atomic E-state index is 12.9. The maximum Gasteiger partial charge on any atom is 0.243 e. The molecule has 3 rings (SSSR count). The smallest absolute Gasteiger partial charge is 0.243 e. The normalized spacial score (nSPS) is 16.1. The number of sulfonamides is 1. The first-order chi connectivity index (χ1) is 13.4. The van der Waals surface area contributed by atoms with Gasteiger partial charge < -0.3 is 5.32 Å². The van der Waals surface area contributed by atoms with E-state index in [1.807, 2.05) is 50.2 Å². The number of aryl methyl sites for hydroxylation is 3. The van der Waals surface area contributed by atoms with E-state index in [0.717, 1.165) is 16.7 Å². The molecule has 0 spiro atoms. The van der Waals surface area contributed by atoms with Crippen LogP contribution in [-0.2, 0) is 21.2 Å². The molecule has 2 aromatic rings. The van der Waals surface area contributed by atoms with Crippen LogP contribution in [0.3, 0.4) is 0 Å². The highest BCUT2D eigenvalue weighted by Gasteiger charge is 2.30. The summed E-state index contributed by atoms with van der Waals surface area (Å²) in [6.07, 6.45) is 2.44. The molecule has 6 heteroatoms. The lowest BCUT2D eigenvalue weighted by Gasteiger charge is -2.31. The van der Waals surface area contributed by atoms with Gasteiger partial charge in [-0.05, 0) is 61.9 Å². The number of piperidine rings is 1. The molecule has 1 fully saturated rings. The van der Waals surface area contributed by atoms with Gasteiger partial charge in [-0.2, -0.15) is 4.31 Å². The van der Waals surface area contributed by atoms with Crippen LogP contribution in [-0.4, -0.2) is 37.8 Å². The molecular weight excluding hydrogens is 372 g/mol. The van der Waals surface area contributed by atoms with Gasteiger partial charge in [0.05, 0.1) is 4.90 Å². The third-order valence-corrected chi connectivity index (χ3v) is 7.31. The van der Waals surface area contributed by atoms with Gasteiger partial charge in [-0.15, -0.1) is 0 Å². The van der Waals surface area contributed by atoms with Gasteiger partial charge in [-0.3, -0.25) is 4.79 Å². The van der Waals surface area contributed by atoms with E-state index in [-0.39, 0.29) is 11.9 Å². The standard InChI is InChI=1S/C22H28N2O3S/c1-17-8-10-21(16-18(17)2)28(26,27)24-14-12-20(13-15-24)23-22(25)11-9-19-6-4-3-5-7-19/h3-8,10,16,20H,9,11-15H2,1-2H3,(H,23,25). The third kappa shape index (κ3) is 5.00. The highest BCUT2D eigenvalue weighted by Crippen LogP contribution is 2.22. The summed E-state index contributed by atoms with van der Waals surface area (Å²) in [5.74, 6) is 0.0271. The second-order valence-corrected chi connectivity index (χ2v) is 9.42. The highest BCUT2D eigenvalue weighted by atomic mass is 32.2. The quantitative estimate of drug-likeness (QED) is 0.810. The number of nitrogens with zero attached hydrogens (tertiary/aromatic N) is 1. The first kappa shape index (κ1) is 20.6. The van der Waals surface area contributed by atoms with E-state index >= 15 is 0 Å². The SMILES string of the molecule is Cc1ccc(S(=O)(=O)N2CCC(NC(=O)CCc3ccccc3)CC2)cc1C. The lowest BCUT2D eigenvalue weighted by atomic mass is 10.1. The fourth-order valence-electron chi connectivity index (χ4n) is 3.47. The molecule has 150 valence electrons. The van der Waals surface area contributed by atoms with Crippen LogP contribution in [0.4, 0.5) is 0 Å². The molecule has 1 N–H and O–H groups in total. The summed E-state index contributed by atoms with van der Waals surface area (Å²) in [7, 11) is -3.48. The Bertz CT molecular complexity index is 918. The first-order valence-electron chi connectivity index (χ1n) is 9.77. The van der Waals surface area contributed by atoms with E-state index in [1.54, 1.807) is 12.1 Å². The Balaban J connectivity index is 1.51. The van der Waals surface area contributed by atoms with E-state index in [4.69, 9.17) is 0 Å². The molecule has 0 radical (unpaired) electrons. The van der Waals surface area contributed by atoms with Crippen molar-refractivity contribution in [3.05, 3.63) is 65.2 Å². The van der Waals surface area contributed by atoms with Gasteiger partial charge in [0.2, 0.25) is 15.9 Å². The summed E-state index contributed by atoms with van der Waals surface area (Å²) in [6, 6.07) is 15.2. The number of carbonyl (C=O) groups is 1. The van der Waals surface area contributed by atoms with E-state index in [2.05, 4.69) is 5.32 Å². The van der Waals surface area contributed by atoms with E-state index in [1.165, 1.54) is 4.31 Å². The molecule has 0 saturated carbocycles. The molecule has 1 aliphatic heterocycles. The van der Waals surface area contributed by atoms with E-state index < -0.39 is 10.0 Å². The molecule has 1 saturated heterocycles. The van der Waals surface area contributed by atoms with Crippen molar-refractivity contribution in [3.63, 3.8) is 0 Å². The second-order valence-electron chi connectivity index (χ2n) is 7.48. The summed E-state index contributed by atoms with van der Waals surface area (Å²) >= 11 is 0. The van der Waals surface area contributed by atoms with Gasteiger partial charge in [0.25, 0.3) is 0 Å². The topological polar surface area (TPSA) is 66.5 Å². The Morgan fingerprint density at radius 2 is 1.71 bits per heavy atom. The molecular formula is C22H28N2O3S. The second kappa shape index (κ2) is 8.88. The molecule has 0 aliphatic carbocycles. The van der Waals surface area contributed by atoms with Crippen LogP contribution in [0.1, 0.15) is 36.0 Å². The zero-order valence-electron chi connectivity index (χ0n) is 16.5. The van der Waals surface area contributed by atoms with Crippen molar-refractivity contribution in [3.8, 4) is 0 Å². The first-order valence-corrected chi connectivity index (χ1v) is 11.2. The Kier molecular flexibility index (Phi) is 6.52. The van der Waals surface area contributed by atoms with Crippen LogP contribution in [0, 0.1) is 13.8 Å². The third-order valence-electron chi connectivity index (χ3n) is 5.42. The molecule has 0 bridgehead atoms. The average Bonchev–Trinajstić information content (AvgIpc) is 2.69. The minimum atomic E-state index is -3.48. The van der Waals surface area contributed by atoms with Gasteiger partial charge in [0.1, 0.15) is 0 Å². The zero-order valence-corrected chi connectivity index (χ0v) is 17.3. The minimum absolute atomic E-state index is 0.0271. The largest absolute Gasteiger partial charge is 0.353 e. The predicted octanol–water partition coefficient (Wildman–Crippen LogP) is 3.21. The Morgan fingerprint density at radius 3 is 2.36 bits per heavy atom. The Hall–Kier alpha value is -2.18. The van der Waals surface area contributed by atoms with Crippen LogP contribution in [0.25, 0.3) is 0 Å². The van der Waals surface area contributed by atoms with Gasteiger partial charge in [-0.25, -0.2) is 8.42 Å². The minimum Gasteiger partial charge on any atom is -0.353 e. The number of carbonyl (C=O) groups excluding carboxylic acids is 1. The van der Waals surface area contributed by atoms with Gasteiger partial charge in [0.15, 0.2) is 0 Å². The number of nitrogens with one attached hydrogen (secondary N) is 1. The van der Waals surface area contributed by atoms with Crippen molar-refractivity contribution in [2.75, 3.05) is 13.1 Å². The van der Waals surface area contributed by atoms with E-state index in [0.29, 0.717) is 43.7 Å². The zero-order chi connectivity index (χ0) is 20.1. The lowest BCUT2D eigenvalue weighted by molar-refractivity contribution is -0.122. The Labute approximate surface area is 167 Å². The van der Waals surface area contributed by atoms with Crippen molar-refractivity contribution in [1.82, 2.24) is 9.62 Å². The predicted molar refractivity (Wildman–Crippen MR) is 111 cm³/mol. The molecule has 1 aliphatic rings. The summed E-state index contributed by atoms with van der Waals surface area (Å²) in [5.41, 5.74) is 3.20. The van der Waals surface area contributed by atoms with Crippen molar-refractivity contribution < 1.29 is 13.2 Å². The maximum atomic E-state index is 12.9. The molecule has 1 amide bonds. The van der Waals surface area contributed by atoms with Gasteiger partial charge in [-0.1, -0.05) is 36.4 Å². The lowest BCUT2D eigenvalue weighted by Crippen LogP contribution is -2.46. The number of benzene rings is 2. The van der Waals surface area contributed by atoms with Crippen molar-refractivity contribution in [2.24, 2.45) is 0 Å². The molecule has 5 nitrogen and oxygen atoms in total. The van der Waals surface area contributed by atoms with Crippen LogP contribution in [0.5, 0.6) is 0 Å². The van der Waals surface area contributed by atoms with Crippen LogP contribution in [0.2, 0.25) is 0 Å². The van der Waals surface area contributed by atoms with Crippen molar-refractivity contribution >= 4 is 15.9 Å².